The molecular formula is C9H14O4. The van der Waals surface area contributed by atoms with E-state index in [1.54, 1.807) is 0 Å². The van der Waals surface area contributed by atoms with Gasteiger partial charge in [-0.3, -0.25) is 0 Å². The van der Waals surface area contributed by atoms with Crippen molar-refractivity contribution < 1.29 is 19.0 Å². The predicted octanol–water partition coefficient (Wildman–Crippen LogP) is 0.869. The number of esters is 1. The summed E-state index contributed by atoms with van der Waals surface area (Å²) in [4.78, 5) is 11.0. The Morgan fingerprint density at radius 3 is 2.69 bits per heavy atom. The second-order valence-electron chi connectivity index (χ2n) is 2.98. The van der Waals surface area contributed by atoms with Crippen LogP contribution in [0.4, 0.5) is 0 Å². The summed E-state index contributed by atoms with van der Waals surface area (Å²) >= 11 is 0. The van der Waals surface area contributed by atoms with E-state index in [0.29, 0.717) is 19.6 Å². The van der Waals surface area contributed by atoms with Crippen molar-refractivity contribution in [1.29, 1.82) is 0 Å². The Morgan fingerprint density at radius 1 is 1.62 bits per heavy atom. The third-order valence-corrected chi connectivity index (χ3v) is 2.02. The molecule has 0 radical (unpaired) electrons. The van der Waals surface area contributed by atoms with Crippen molar-refractivity contribution in [3.05, 3.63) is 12.7 Å². The number of hydrogen-bond donors (Lipinski definition) is 0. The molecule has 1 aliphatic heterocycles. The van der Waals surface area contributed by atoms with Crippen LogP contribution in [0, 0.1) is 0 Å². The Hall–Kier alpha value is -0.870. The summed E-state index contributed by atoms with van der Waals surface area (Å²) < 4.78 is 15.3. The van der Waals surface area contributed by atoms with E-state index in [9.17, 15) is 4.79 Å². The lowest BCUT2D eigenvalue weighted by molar-refractivity contribution is -0.217. The van der Waals surface area contributed by atoms with E-state index in [-0.39, 0.29) is 6.79 Å². The maximum absolute atomic E-state index is 11.0. The molecule has 13 heavy (non-hydrogen) atoms. The van der Waals surface area contributed by atoms with E-state index in [1.165, 1.54) is 0 Å². The molecule has 0 bridgehead atoms. The molecule has 74 valence electrons. The highest BCUT2D eigenvalue weighted by Crippen LogP contribution is 2.21. The van der Waals surface area contributed by atoms with Crippen LogP contribution in [0.1, 0.15) is 13.3 Å². The van der Waals surface area contributed by atoms with Gasteiger partial charge in [0.05, 0.1) is 13.2 Å². The summed E-state index contributed by atoms with van der Waals surface area (Å²) in [5, 5.41) is 0. The van der Waals surface area contributed by atoms with E-state index in [1.807, 2.05) is 6.92 Å². The van der Waals surface area contributed by atoms with Gasteiger partial charge in [-0.05, 0) is 6.42 Å². The van der Waals surface area contributed by atoms with E-state index in [2.05, 4.69) is 6.58 Å². The molecule has 0 aromatic rings. The molecule has 0 aromatic carbocycles. The first-order valence-electron chi connectivity index (χ1n) is 4.23. The van der Waals surface area contributed by atoms with E-state index >= 15 is 0 Å². The number of ether oxygens (including phenoxy) is 3. The van der Waals surface area contributed by atoms with Gasteiger partial charge in [-0.2, -0.15) is 0 Å². The maximum atomic E-state index is 11.0. The van der Waals surface area contributed by atoms with E-state index in [4.69, 9.17) is 14.2 Å². The van der Waals surface area contributed by atoms with Crippen LogP contribution >= 0.6 is 0 Å². The topological polar surface area (TPSA) is 44.8 Å². The first-order valence-corrected chi connectivity index (χ1v) is 4.23. The summed E-state index contributed by atoms with van der Waals surface area (Å²) in [5.41, 5.74) is -0.622. The fourth-order valence-electron chi connectivity index (χ4n) is 1.15. The lowest BCUT2D eigenvalue weighted by Crippen LogP contribution is -2.47. The van der Waals surface area contributed by atoms with Crippen molar-refractivity contribution in [2.45, 2.75) is 18.9 Å². The Labute approximate surface area is 77.5 Å². The molecule has 0 spiro atoms. The lowest BCUT2D eigenvalue weighted by Gasteiger charge is -2.34. The molecule has 4 heteroatoms. The lowest BCUT2D eigenvalue weighted by atomic mass is 10.0. The molecule has 1 heterocycles. The van der Waals surface area contributed by atoms with Gasteiger partial charge in [0.2, 0.25) is 0 Å². The minimum atomic E-state index is -0.622. The molecule has 0 unspecified atom stereocenters. The van der Waals surface area contributed by atoms with E-state index in [0.717, 1.165) is 6.08 Å². The zero-order valence-electron chi connectivity index (χ0n) is 7.75. The molecular weight excluding hydrogens is 172 g/mol. The number of hydrogen-bond acceptors (Lipinski definition) is 4. The summed E-state index contributed by atoms with van der Waals surface area (Å²) in [7, 11) is 0. The molecule has 0 aromatic heterocycles. The third-order valence-electron chi connectivity index (χ3n) is 2.02. The van der Waals surface area contributed by atoms with Crippen LogP contribution in [0.25, 0.3) is 0 Å². The van der Waals surface area contributed by atoms with Crippen LogP contribution in [-0.4, -0.2) is 31.6 Å². The Balaban J connectivity index is 2.56. The third kappa shape index (κ3) is 2.54. The first kappa shape index (κ1) is 10.2. The van der Waals surface area contributed by atoms with Gasteiger partial charge in [0.15, 0.2) is 5.60 Å². The minimum Gasteiger partial charge on any atom is -0.451 e. The summed E-state index contributed by atoms with van der Waals surface area (Å²) in [6.45, 7) is 6.32. The largest absolute Gasteiger partial charge is 0.451 e. The van der Waals surface area contributed by atoms with Crippen LogP contribution in [0.2, 0.25) is 0 Å². The molecule has 1 aliphatic rings. The number of carbonyl (C=O) groups is 1. The monoisotopic (exact) mass is 186 g/mol. The Kier molecular flexibility index (Phi) is 3.45. The van der Waals surface area contributed by atoms with Gasteiger partial charge in [0.1, 0.15) is 6.79 Å². The number of carbonyl (C=O) groups excluding carboxylic acids is 1. The van der Waals surface area contributed by atoms with Gasteiger partial charge in [-0.25, -0.2) is 4.79 Å². The fourth-order valence-corrected chi connectivity index (χ4v) is 1.15. The van der Waals surface area contributed by atoms with E-state index < -0.39 is 11.6 Å². The molecule has 0 atom stereocenters. The van der Waals surface area contributed by atoms with Crippen LogP contribution in [0.5, 0.6) is 0 Å². The van der Waals surface area contributed by atoms with Crippen molar-refractivity contribution in [2.24, 2.45) is 0 Å². The van der Waals surface area contributed by atoms with Crippen LogP contribution in [-0.2, 0) is 19.0 Å². The fraction of sp³-hybridized carbons (Fsp3) is 0.667. The highest BCUT2D eigenvalue weighted by Gasteiger charge is 2.35. The van der Waals surface area contributed by atoms with Gasteiger partial charge >= 0.3 is 5.97 Å². The molecule has 4 nitrogen and oxygen atoms in total. The average molecular weight is 186 g/mol. The van der Waals surface area contributed by atoms with Crippen molar-refractivity contribution in [3.8, 4) is 0 Å². The van der Waals surface area contributed by atoms with Gasteiger partial charge < -0.3 is 14.2 Å². The zero-order valence-corrected chi connectivity index (χ0v) is 7.75. The van der Waals surface area contributed by atoms with Crippen molar-refractivity contribution in [1.82, 2.24) is 0 Å². The van der Waals surface area contributed by atoms with Gasteiger partial charge in [-0.1, -0.05) is 13.5 Å². The van der Waals surface area contributed by atoms with Gasteiger partial charge in [0, 0.05) is 6.08 Å². The predicted molar refractivity (Wildman–Crippen MR) is 46.1 cm³/mol. The summed E-state index contributed by atoms with van der Waals surface area (Å²) in [5.74, 6) is -0.434. The zero-order chi connectivity index (χ0) is 9.73. The maximum Gasteiger partial charge on any atom is 0.330 e. The molecule has 0 N–H and O–H groups in total. The van der Waals surface area contributed by atoms with Crippen LogP contribution in [0.15, 0.2) is 12.7 Å². The SMILES string of the molecule is C=CC(=O)OC1(CC)COCOC1. The smallest absolute Gasteiger partial charge is 0.330 e. The Morgan fingerprint density at radius 2 is 2.23 bits per heavy atom. The second-order valence-corrected chi connectivity index (χ2v) is 2.98. The van der Waals surface area contributed by atoms with Crippen molar-refractivity contribution in [3.63, 3.8) is 0 Å². The highest BCUT2D eigenvalue weighted by molar-refractivity contribution is 5.81. The molecule has 1 rings (SSSR count). The van der Waals surface area contributed by atoms with Gasteiger partial charge in [0.25, 0.3) is 0 Å². The van der Waals surface area contributed by atoms with Crippen molar-refractivity contribution >= 4 is 5.97 Å². The molecule has 0 saturated carbocycles. The van der Waals surface area contributed by atoms with Crippen LogP contribution in [0.3, 0.4) is 0 Å². The first-order chi connectivity index (χ1) is 6.22. The minimum absolute atomic E-state index is 0.271. The molecule has 0 amide bonds. The normalized spacial score (nSPS) is 20.7. The van der Waals surface area contributed by atoms with Crippen molar-refractivity contribution in [2.75, 3.05) is 20.0 Å². The van der Waals surface area contributed by atoms with Gasteiger partial charge in [-0.15, -0.1) is 0 Å². The number of rotatable bonds is 3. The average Bonchev–Trinajstić information content (AvgIpc) is 2.19. The molecule has 1 fully saturated rings. The summed E-state index contributed by atoms with van der Waals surface area (Å²) in [6.07, 6.45) is 1.82. The second kappa shape index (κ2) is 4.39. The summed E-state index contributed by atoms with van der Waals surface area (Å²) in [6, 6.07) is 0. The quantitative estimate of drug-likeness (QED) is 0.484. The van der Waals surface area contributed by atoms with Crippen LogP contribution < -0.4 is 0 Å². The molecule has 0 aliphatic carbocycles. The Bertz CT molecular complexity index is 194. The highest BCUT2D eigenvalue weighted by atomic mass is 16.7. The standard InChI is InChI=1S/C9H14O4/c1-3-8(10)13-9(4-2)5-11-7-12-6-9/h3H,1,4-7H2,2H3. The molecule has 1 saturated heterocycles.